The number of anilines is 1. The van der Waals surface area contributed by atoms with Gasteiger partial charge < -0.3 is 4.90 Å². The highest BCUT2D eigenvalue weighted by Gasteiger charge is 2.36. The summed E-state index contributed by atoms with van der Waals surface area (Å²) in [5, 5.41) is 9.14. The smallest absolute Gasteiger partial charge is 0.245 e. The zero-order valence-electron chi connectivity index (χ0n) is 14.0. The lowest BCUT2D eigenvalue weighted by molar-refractivity contribution is 0.328. The van der Waals surface area contributed by atoms with E-state index in [1.165, 1.54) is 0 Å². The van der Waals surface area contributed by atoms with E-state index in [4.69, 9.17) is 0 Å². The van der Waals surface area contributed by atoms with Gasteiger partial charge in [0.2, 0.25) is 5.95 Å². The number of alkyl halides is 1. The Morgan fingerprint density at radius 1 is 1.12 bits per heavy atom. The minimum absolute atomic E-state index is 0.0787. The Morgan fingerprint density at radius 3 is 2.80 bits per heavy atom. The molecule has 0 unspecified atom stereocenters. The van der Waals surface area contributed by atoms with E-state index in [1.54, 1.807) is 4.68 Å². The van der Waals surface area contributed by atoms with Crippen molar-refractivity contribution in [2.45, 2.75) is 38.6 Å². The molecule has 0 spiro atoms. The average molecular weight is 338 g/mol. The number of hydrogen-bond acceptors (Lipinski definition) is 4. The fourth-order valence-electron chi connectivity index (χ4n) is 3.84. The molecule has 0 N–H and O–H groups in total. The molecule has 0 saturated heterocycles. The molecular weight excluding hydrogens is 319 g/mol. The van der Waals surface area contributed by atoms with E-state index >= 15 is 0 Å². The molecule has 5 rings (SSSR count). The van der Waals surface area contributed by atoms with Crippen LogP contribution in [-0.2, 0) is 13.1 Å². The molecule has 2 aromatic heterocycles. The number of benzene rings is 1. The van der Waals surface area contributed by atoms with Crippen molar-refractivity contribution in [3.05, 3.63) is 59.2 Å². The molecule has 25 heavy (non-hydrogen) atoms. The summed E-state index contributed by atoms with van der Waals surface area (Å²) in [5.41, 5.74) is 3.24. The molecule has 128 valence electrons. The Hall–Kier alpha value is -2.70. The van der Waals surface area contributed by atoms with E-state index in [0.29, 0.717) is 24.7 Å². The van der Waals surface area contributed by atoms with Gasteiger partial charge in [-0.1, -0.05) is 30.3 Å². The Balaban J connectivity index is 1.47. The van der Waals surface area contributed by atoms with E-state index in [-0.39, 0.29) is 6.04 Å². The first-order chi connectivity index (χ1) is 12.2. The van der Waals surface area contributed by atoms with Gasteiger partial charge in [-0.2, -0.15) is 10.1 Å². The number of aromatic nitrogens is 5. The van der Waals surface area contributed by atoms with Crippen LogP contribution in [0.1, 0.15) is 41.4 Å². The van der Waals surface area contributed by atoms with Crippen molar-refractivity contribution in [3.8, 4) is 0 Å². The molecule has 2 aliphatic rings. The van der Waals surface area contributed by atoms with E-state index in [0.717, 1.165) is 30.0 Å². The second-order valence-electron chi connectivity index (χ2n) is 6.77. The van der Waals surface area contributed by atoms with E-state index < -0.39 is 6.17 Å². The lowest BCUT2D eigenvalue weighted by Crippen LogP contribution is -2.34. The second kappa shape index (κ2) is 5.40. The fourth-order valence-corrected chi connectivity index (χ4v) is 3.84. The number of hydrogen-bond donors (Lipinski definition) is 0. The van der Waals surface area contributed by atoms with E-state index in [9.17, 15) is 4.39 Å². The molecule has 1 aromatic carbocycles. The number of aryl methyl sites for hydroxylation is 1. The summed E-state index contributed by atoms with van der Waals surface area (Å²) >= 11 is 0. The van der Waals surface area contributed by atoms with Crippen LogP contribution in [-0.4, -0.2) is 31.1 Å². The summed E-state index contributed by atoms with van der Waals surface area (Å²) in [5.74, 6) is 1.06. The van der Waals surface area contributed by atoms with Crippen LogP contribution in [0.5, 0.6) is 0 Å². The molecule has 2 atom stereocenters. The zero-order valence-corrected chi connectivity index (χ0v) is 14.0. The molecule has 0 bridgehead atoms. The molecular formula is C18H19FN6. The number of fused-ring (bicyclic) bond motifs is 2. The molecule has 2 aliphatic heterocycles. The van der Waals surface area contributed by atoms with Gasteiger partial charge in [-0.3, -0.25) is 4.68 Å². The van der Waals surface area contributed by atoms with Crippen molar-refractivity contribution in [1.29, 1.82) is 0 Å². The van der Waals surface area contributed by atoms with Crippen LogP contribution in [0.3, 0.4) is 0 Å². The van der Waals surface area contributed by atoms with Gasteiger partial charge in [0.1, 0.15) is 0 Å². The topological polar surface area (TPSA) is 51.8 Å². The van der Waals surface area contributed by atoms with Crippen LogP contribution in [0.15, 0.2) is 36.4 Å². The van der Waals surface area contributed by atoms with Crippen molar-refractivity contribution in [2.24, 2.45) is 0 Å². The highest BCUT2D eigenvalue weighted by molar-refractivity contribution is 5.35. The molecule has 0 saturated carbocycles. The summed E-state index contributed by atoms with van der Waals surface area (Å²) in [4.78, 5) is 6.63. The van der Waals surface area contributed by atoms with E-state index in [1.807, 2.05) is 41.9 Å². The summed E-state index contributed by atoms with van der Waals surface area (Å²) in [6.07, 6.45) is -0.657. The Morgan fingerprint density at radius 2 is 1.96 bits per heavy atom. The van der Waals surface area contributed by atoms with E-state index in [2.05, 4.69) is 26.1 Å². The summed E-state index contributed by atoms with van der Waals surface area (Å²) in [6.45, 7) is 4.28. The predicted octanol–water partition coefficient (Wildman–Crippen LogP) is 2.81. The van der Waals surface area contributed by atoms with Crippen molar-refractivity contribution >= 4 is 5.95 Å². The monoisotopic (exact) mass is 338 g/mol. The lowest BCUT2D eigenvalue weighted by atomic mass is 10.0. The zero-order chi connectivity index (χ0) is 17.0. The highest BCUT2D eigenvalue weighted by Crippen LogP contribution is 2.40. The maximum absolute atomic E-state index is 14.5. The third kappa shape index (κ3) is 2.33. The first-order valence-electron chi connectivity index (χ1n) is 8.63. The first-order valence-corrected chi connectivity index (χ1v) is 8.63. The van der Waals surface area contributed by atoms with Crippen molar-refractivity contribution in [2.75, 3.05) is 11.4 Å². The van der Waals surface area contributed by atoms with Crippen LogP contribution in [0, 0.1) is 6.92 Å². The molecule has 4 heterocycles. The SMILES string of the molecule is Cc1cc2n(n1)CCN(c1nc3n(n1)[C@H](c1ccccc1)C[C@@H]3F)C2. The highest BCUT2D eigenvalue weighted by atomic mass is 19.1. The van der Waals surface area contributed by atoms with Gasteiger partial charge in [-0.25, -0.2) is 9.07 Å². The number of nitrogens with zero attached hydrogens (tertiary/aromatic N) is 6. The van der Waals surface area contributed by atoms with Gasteiger partial charge in [0, 0.05) is 13.0 Å². The molecule has 6 nitrogen and oxygen atoms in total. The summed E-state index contributed by atoms with van der Waals surface area (Å²) in [6, 6.07) is 12.0. The number of halogens is 1. The molecule has 0 radical (unpaired) electrons. The summed E-state index contributed by atoms with van der Waals surface area (Å²) < 4.78 is 18.3. The molecule has 3 aromatic rings. The third-order valence-electron chi connectivity index (χ3n) is 5.04. The quantitative estimate of drug-likeness (QED) is 0.721. The van der Waals surface area contributed by atoms with Crippen LogP contribution in [0.25, 0.3) is 0 Å². The summed E-state index contributed by atoms with van der Waals surface area (Å²) in [7, 11) is 0. The molecule has 0 aliphatic carbocycles. The Labute approximate surface area is 144 Å². The predicted molar refractivity (Wildman–Crippen MR) is 91.1 cm³/mol. The van der Waals surface area contributed by atoms with Gasteiger partial charge >= 0.3 is 0 Å². The largest absolute Gasteiger partial charge is 0.332 e. The fraction of sp³-hybridized carbons (Fsp3) is 0.389. The van der Waals surface area contributed by atoms with Gasteiger partial charge in [0.15, 0.2) is 12.0 Å². The molecule has 0 fully saturated rings. The Kier molecular flexibility index (Phi) is 3.16. The standard InChI is InChI=1S/C18H19FN6/c1-12-9-14-11-23(7-8-24(14)21-12)18-20-17-15(19)10-16(25(17)22-18)13-5-3-2-4-6-13/h2-6,9,15-16H,7-8,10-11H2,1H3/t15-,16-/m0/s1. The van der Waals surface area contributed by atoms with Crippen LogP contribution in [0.2, 0.25) is 0 Å². The van der Waals surface area contributed by atoms with Gasteiger partial charge in [0.05, 0.1) is 30.5 Å². The van der Waals surface area contributed by atoms with Gasteiger partial charge in [-0.15, -0.1) is 5.10 Å². The molecule has 0 amide bonds. The van der Waals surface area contributed by atoms with Crippen molar-refractivity contribution in [1.82, 2.24) is 24.5 Å². The lowest BCUT2D eigenvalue weighted by Gasteiger charge is -2.26. The first kappa shape index (κ1) is 14.6. The average Bonchev–Trinajstić information content (AvgIpc) is 3.29. The van der Waals surface area contributed by atoms with Crippen LogP contribution in [0.4, 0.5) is 10.3 Å². The minimum atomic E-state index is -1.07. The minimum Gasteiger partial charge on any atom is -0.332 e. The van der Waals surface area contributed by atoms with Gasteiger partial charge in [-0.05, 0) is 18.6 Å². The maximum atomic E-state index is 14.5. The third-order valence-corrected chi connectivity index (χ3v) is 5.04. The van der Waals surface area contributed by atoms with Crippen LogP contribution < -0.4 is 4.90 Å². The van der Waals surface area contributed by atoms with Crippen molar-refractivity contribution < 1.29 is 4.39 Å². The maximum Gasteiger partial charge on any atom is 0.245 e. The molecule has 7 heteroatoms. The number of rotatable bonds is 2. The normalized spacial score (nSPS) is 22.1. The van der Waals surface area contributed by atoms with Gasteiger partial charge in [0.25, 0.3) is 0 Å². The van der Waals surface area contributed by atoms with Crippen LogP contribution >= 0.6 is 0 Å². The van der Waals surface area contributed by atoms with Crippen molar-refractivity contribution in [3.63, 3.8) is 0 Å². The second-order valence-corrected chi connectivity index (χ2v) is 6.77. The Bertz CT molecular complexity index is 915.